The fourth-order valence-electron chi connectivity index (χ4n) is 4.11. The molecule has 0 radical (unpaired) electrons. The molecule has 25 heavy (non-hydrogen) atoms. The first-order valence-electron chi connectivity index (χ1n) is 8.70. The Balaban J connectivity index is 1.49. The molecule has 2 aliphatic heterocycles. The van der Waals surface area contributed by atoms with E-state index in [1.165, 1.54) is 13.8 Å². The van der Waals surface area contributed by atoms with Gasteiger partial charge in [-0.1, -0.05) is 6.58 Å². The molecule has 4 rings (SSSR count). The Bertz CT molecular complexity index is 584. The fraction of sp³-hybridized carbons (Fsp3) is 0.722. The monoisotopic (exact) mass is 352 g/mol. The molecule has 138 valence electrons. The Morgan fingerprint density at radius 3 is 2.76 bits per heavy atom. The zero-order valence-corrected chi connectivity index (χ0v) is 14.6. The molecule has 0 amide bonds. The highest BCUT2D eigenvalue weighted by Gasteiger charge is 2.50. The summed E-state index contributed by atoms with van der Waals surface area (Å²) in [5.74, 6) is -0.703. The molecule has 6 unspecified atom stereocenters. The summed E-state index contributed by atoms with van der Waals surface area (Å²) in [6.45, 7) is 6.13. The highest BCUT2D eigenvalue weighted by molar-refractivity contribution is 5.89. The number of carbonyl (C=O) groups excluding carboxylic acids is 3. The number of carbonyl (C=O) groups is 3. The van der Waals surface area contributed by atoms with E-state index >= 15 is 0 Å². The molecule has 4 bridgehead atoms. The van der Waals surface area contributed by atoms with Gasteiger partial charge in [-0.2, -0.15) is 0 Å². The number of rotatable bonds is 6. The molecule has 0 aromatic carbocycles. The minimum Gasteiger partial charge on any atom is -0.459 e. The number of ether oxygens (including phenoxy) is 4. The van der Waals surface area contributed by atoms with E-state index in [9.17, 15) is 14.4 Å². The van der Waals surface area contributed by atoms with Crippen molar-refractivity contribution in [2.75, 3.05) is 6.79 Å². The average molecular weight is 352 g/mol. The van der Waals surface area contributed by atoms with Crippen molar-refractivity contribution in [3.63, 3.8) is 0 Å². The van der Waals surface area contributed by atoms with E-state index in [1.807, 2.05) is 0 Å². The Labute approximate surface area is 146 Å². The number of fused-ring (bicyclic) bond motifs is 1. The van der Waals surface area contributed by atoms with E-state index in [2.05, 4.69) is 6.58 Å². The molecule has 4 aliphatic rings. The molecule has 2 saturated heterocycles. The van der Waals surface area contributed by atoms with Crippen molar-refractivity contribution in [1.82, 2.24) is 0 Å². The van der Waals surface area contributed by atoms with Crippen molar-refractivity contribution in [3.8, 4) is 0 Å². The summed E-state index contributed by atoms with van der Waals surface area (Å²) in [5.41, 5.74) is 0.211. The maximum absolute atomic E-state index is 12.0. The minimum atomic E-state index is -1.04. The minimum absolute atomic E-state index is 0.0218. The van der Waals surface area contributed by atoms with Crippen LogP contribution in [0.5, 0.6) is 0 Å². The number of esters is 3. The van der Waals surface area contributed by atoms with E-state index in [0.717, 1.165) is 25.7 Å². The lowest BCUT2D eigenvalue weighted by Gasteiger charge is -2.41. The van der Waals surface area contributed by atoms with Gasteiger partial charge < -0.3 is 18.9 Å². The van der Waals surface area contributed by atoms with Gasteiger partial charge in [0.2, 0.25) is 0 Å². The quantitative estimate of drug-likeness (QED) is 0.311. The molecule has 0 aromatic rings. The Morgan fingerprint density at radius 1 is 1.28 bits per heavy atom. The van der Waals surface area contributed by atoms with Crippen LogP contribution >= 0.6 is 0 Å². The van der Waals surface area contributed by atoms with Crippen molar-refractivity contribution in [1.29, 1.82) is 0 Å². The lowest BCUT2D eigenvalue weighted by Crippen LogP contribution is -2.45. The van der Waals surface area contributed by atoms with Gasteiger partial charge in [0.25, 0.3) is 0 Å². The van der Waals surface area contributed by atoms with Gasteiger partial charge >= 0.3 is 17.9 Å². The van der Waals surface area contributed by atoms with Gasteiger partial charge in [-0.05, 0) is 51.4 Å². The second kappa shape index (κ2) is 7.15. The predicted octanol–water partition coefficient (Wildman–Crippen LogP) is 1.74. The molecule has 0 N–H and O–H groups in total. The topological polar surface area (TPSA) is 88.1 Å². The molecule has 7 nitrogen and oxygen atoms in total. The van der Waals surface area contributed by atoms with Crippen LogP contribution in [0.1, 0.15) is 39.5 Å². The summed E-state index contributed by atoms with van der Waals surface area (Å²) < 4.78 is 21.2. The molecule has 7 heteroatoms. The van der Waals surface area contributed by atoms with Crippen LogP contribution in [0.25, 0.3) is 0 Å². The van der Waals surface area contributed by atoms with Gasteiger partial charge in [-0.25, -0.2) is 9.59 Å². The third-order valence-electron chi connectivity index (χ3n) is 5.26. The van der Waals surface area contributed by atoms with Crippen molar-refractivity contribution in [2.24, 2.45) is 17.8 Å². The third kappa shape index (κ3) is 3.86. The molecular formula is C18H24O7. The van der Waals surface area contributed by atoms with Gasteiger partial charge in [0.1, 0.15) is 12.2 Å². The molecule has 6 atom stereocenters. The maximum Gasteiger partial charge on any atom is 0.349 e. The zero-order chi connectivity index (χ0) is 18.1. The highest BCUT2D eigenvalue weighted by Crippen LogP contribution is 2.48. The first kappa shape index (κ1) is 17.9. The van der Waals surface area contributed by atoms with Crippen molar-refractivity contribution in [3.05, 3.63) is 12.2 Å². The third-order valence-corrected chi connectivity index (χ3v) is 5.26. The van der Waals surface area contributed by atoms with E-state index in [4.69, 9.17) is 18.9 Å². The Kier molecular flexibility index (Phi) is 5.13. The molecular weight excluding hydrogens is 328 g/mol. The highest BCUT2D eigenvalue weighted by atomic mass is 16.7. The zero-order valence-electron chi connectivity index (χ0n) is 14.6. The van der Waals surface area contributed by atoms with Gasteiger partial charge in [0, 0.05) is 5.57 Å². The second-order valence-corrected chi connectivity index (χ2v) is 7.28. The summed E-state index contributed by atoms with van der Waals surface area (Å²) in [5, 5.41) is 0. The largest absolute Gasteiger partial charge is 0.459 e. The molecule has 4 fully saturated rings. The van der Waals surface area contributed by atoms with Crippen LogP contribution in [0.4, 0.5) is 0 Å². The summed E-state index contributed by atoms with van der Waals surface area (Å²) in [4.78, 5) is 35.3. The second-order valence-electron chi connectivity index (χ2n) is 7.28. The number of hydrogen-bond acceptors (Lipinski definition) is 7. The maximum atomic E-state index is 12.0. The molecule has 2 aliphatic carbocycles. The lowest BCUT2D eigenvalue weighted by atomic mass is 9.67. The Morgan fingerprint density at radius 2 is 2.04 bits per heavy atom. The SMILES string of the molecule is C=C(C)C(=O)OC(C)C(=O)OCOC1C2CC3CC(C2)C(=O)OC1C3. The smallest absolute Gasteiger partial charge is 0.349 e. The van der Waals surface area contributed by atoms with Crippen LogP contribution in [0.3, 0.4) is 0 Å². The van der Waals surface area contributed by atoms with Gasteiger partial charge in [-0.15, -0.1) is 0 Å². The van der Waals surface area contributed by atoms with Crippen molar-refractivity contribution >= 4 is 17.9 Å². The van der Waals surface area contributed by atoms with E-state index < -0.39 is 18.0 Å². The average Bonchev–Trinajstić information content (AvgIpc) is 2.71. The standard InChI is InChI=1S/C18H24O7/c1-9(2)16(19)24-10(3)17(20)23-8-22-15-12-4-11-5-13(7-12)18(21)25-14(15)6-11/h10-15H,1,4-8H2,2-3H3. The van der Waals surface area contributed by atoms with Crippen LogP contribution in [-0.4, -0.2) is 43.0 Å². The molecule has 0 aromatic heterocycles. The first-order chi connectivity index (χ1) is 11.8. The summed E-state index contributed by atoms with van der Waals surface area (Å²) >= 11 is 0. The van der Waals surface area contributed by atoms with Crippen LogP contribution in [0.15, 0.2) is 12.2 Å². The predicted molar refractivity (Wildman–Crippen MR) is 85.0 cm³/mol. The molecule has 2 heterocycles. The van der Waals surface area contributed by atoms with Crippen LogP contribution in [-0.2, 0) is 33.3 Å². The van der Waals surface area contributed by atoms with Gasteiger partial charge in [0.15, 0.2) is 12.9 Å². The number of hydrogen-bond donors (Lipinski definition) is 0. The van der Waals surface area contributed by atoms with Gasteiger partial charge in [-0.3, -0.25) is 4.79 Å². The molecule has 2 saturated carbocycles. The van der Waals surface area contributed by atoms with E-state index in [0.29, 0.717) is 5.92 Å². The lowest BCUT2D eigenvalue weighted by molar-refractivity contribution is -0.192. The summed E-state index contributed by atoms with van der Waals surface area (Å²) in [7, 11) is 0. The summed E-state index contributed by atoms with van der Waals surface area (Å²) in [6, 6.07) is 0. The van der Waals surface area contributed by atoms with Crippen LogP contribution < -0.4 is 0 Å². The van der Waals surface area contributed by atoms with Crippen LogP contribution in [0, 0.1) is 17.8 Å². The Hall–Kier alpha value is -1.89. The van der Waals surface area contributed by atoms with Crippen molar-refractivity contribution < 1.29 is 33.3 Å². The molecule has 0 spiro atoms. The van der Waals surface area contributed by atoms with Crippen molar-refractivity contribution in [2.45, 2.75) is 57.8 Å². The first-order valence-corrected chi connectivity index (χ1v) is 8.70. The van der Waals surface area contributed by atoms with E-state index in [-0.39, 0.29) is 42.4 Å². The summed E-state index contributed by atoms with van der Waals surface area (Å²) in [6.07, 6.45) is 1.98. The fourth-order valence-corrected chi connectivity index (χ4v) is 4.11. The van der Waals surface area contributed by atoms with Gasteiger partial charge in [0.05, 0.1) is 5.92 Å². The van der Waals surface area contributed by atoms with E-state index in [1.54, 1.807) is 0 Å². The van der Waals surface area contributed by atoms with Crippen LogP contribution in [0.2, 0.25) is 0 Å². The normalized spacial score (nSPS) is 34.0.